The van der Waals surface area contributed by atoms with E-state index < -0.39 is 0 Å². The second-order valence-corrected chi connectivity index (χ2v) is 7.30. The molecule has 0 aliphatic carbocycles. The normalized spacial score (nSPS) is 14.8. The smallest absolute Gasteiger partial charge is 0.257 e. The minimum absolute atomic E-state index is 0.00978. The summed E-state index contributed by atoms with van der Waals surface area (Å²) in [5.74, 6) is 0.0197. The van der Waals surface area contributed by atoms with Gasteiger partial charge >= 0.3 is 0 Å². The van der Waals surface area contributed by atoms with Crippen LogP contribution in [-0.4, -0.2) is 48.5 Å². The molecule has 0 unspecified atom stereocenters. The Bertz CT molecular complexity index is 858. The number of ether oxygens (including phenoxy) is 1. The molecular formula is C22H27N3O3. The first-order chi connectivity index (χ1) is 13.5. The molecule has 2 aromatic rings. The first-order valence-electron chi connectivity index (χ1n) is 9.60. The topological polar surface area (TPSA) is 71.5 Å². The maximum absolute atomic E-state index is 12.9. The molecule has 0 saturated carbocycles. The third-order valence-corrected chi connectivity index (χ3v) is 5.09. The van der Waals surface area contributed by atoms with E-state index in [-0.39, 0.29) is 24.3 Å². The largest absolute Gasteiger partial charge is 0.375 e. The number of pyridine rings is 1. The lowest BCUT2D eigenvalue weighted by Crippen LogP contribution is -2.40. The minimum Gasteiger partial charge on any atom is -0.375 e. The van der Waals surface area contributed by atoms with Crippen molar-refractivity contribution >= 4 is 17.5 Å². The van der Waals surface area contributed by atoms with Gasteiger partial charge in [0.1, 0.15) is 6.61 Å². The number of piperidine rings is 1. The number of amides is 2. The summed E-state index contributed by atoms with van der Waals surface area (Å²) in [5, 5.41) is 2.98. The molecule has 3 rings (SSSR count). The summed E-state index contributed by atoms with van der Waals surface area (Å²) in [6, 6.07) is 11.5. The van der Waals surface area contributed by atoms with Crippen LogP contribution >= 0.6 is 0 Å². The average Bonchev–Trinajstić information content (AvgIpc) is 2.68. The van der Waals surface area contributed by atoms with E-state index in [2.05, 4.69) is 5.32 Å². The van der Waals surface area contributed by atoms with Gasteiger partial charge in [-0.15, -0.1) is 0 Å². The van der Waals surface area contributed by atoms with Crippen LogP contribution < -0.4 is 5.32 Å². The van der Waals surface area contributed by atoms with Gasteiger partial charge < -0.3 is 15.0 Å². The molecule has 1 aliphatic rings. The number of hydrogen-bond donors (Lipinski definition) is 1. The zero-order chi connectivity index (χ0) is 20.1. The quantitative estimate of drug-likeness (QED) is 0.863. The minimum atomic E-state index is -0.147. The maximum Gasteiger partial charge on any atom is 0.257 e. The van der Waals surface area contributed by atoms with E-state index in [1.807, 2.05) is 55.1 Å². The number of likely N-dealkylation sites (tertiary alicyclic amines) is 1. The number of aromatic nitrogens is 1. The molecule has 148 valence electrons. The molecule has 0 spiro atoms. The highest BCUT2D eigenvalue weighted by Crippen LogP contribution is 2.30. The third-order valence-electron chi connectivity index (χ3n) is 5.09. The number of hydrogen-bond acceptors (Lipinski definition) is 4. The van der Waals surface area contributed by atoms with E-state index >= 15 is 0 Å². The van der Waals surface area contributed by atoms with Crippen LogP contribution in [0.1, 0.15) is 46.1 Å². The number of aryl methyl sites for hydroxylation is 2. The molecule has 1 fully saturated rings. The highest BCUT2D eigenvalue weighted by atomic mass is 16.5. The van der Waals surface area contributed by atoms with E-state index in [1.54, 1.807) is 0 Å². The van der Waals surface area contributed by atoms with Crippen molar-refractivity contribution in [2.24, 2.45) is 0 Å². The Morgan fingerprint density at radius 2 is 1.93 bits per heavy atom. The van der Waals surface area contributed by atoms with Crippen LogP contribution in [0.5, 0.6) is 0 Å². The van der Waals surface area contributed by atoms with Crippen LogP contribution in [0.4, 0.5) is 5.69 Å². The lowest BCUT2D eigenvalue weighted by Gasteiger charge is -2.32. The summed E-state index contributed by atoms with van der Waals surface area (Å²) in [6.45, 7) is 5.34. The molecule has 0 bridgehead atoms. The lowest BCUT2D eigenvalue weighted by atomic mass is 9.89. The van der Waals surface area contributed by atoms with Crippen molar-refractivity contribution in [3.8, 4) is 0 Å². The number of anilines is 1. The molecule has 6 heteroatoms. The number of nitrogens with zero attached hydrogens (tertiary/aromatic N) is 2. The van der Waals surface area contributed by atoms with Crippen LogP contribution in [0.2, 0.25) is 0 Å². The molecule has 1 saturated heterocycles. The van der Waals surface area contributed by atoms with Gasteiger partial charge in [0.15, 0.2) is 0 Å². The Labute approximate surface area is 165 Å². The molecule has 1 N–H and O–H groups in total. The predicted octanol–water partition coefficient (Wildman–Crippen LogP) is 3.30. The Kier molecular flexibility index (Phi) is 6.41. The molecule has 28 heavy (non-hydrogen) atoms. The van der Waals surface area contributed by atoms with Crippen molar-refractivity contribution in [1.82, 2.24) is 9.88 Å². The molecule has 1 aliphatic heterocycles. The van der Waals surface area contributed by atoms with E-state index in [4.69, 9.17) is 9.72 Å². The third kappa shape index (κ3) is 4.75. The van der Waals surface area contributed by atoms with Gasteiger partial charge in [-0.2, -0.15) is 0 Å². The van der Waals surface area contributed by atoms with Gasteiger partial charge in [0.25, 0.3) is 5.91 Å². The van der Waals surface area contributed by atoms with Gasteiger partial charge in [0, 0.05) is 37.5 Å². The van der Waals surface area contributed by atoms with Gasteiger partial charge in [-0.3, -0.25) is 14.6 Å². The van der Waals surface area contributed by atoms with Crippen molar-refractivity contribution in [3.05, 3.63) is 58.9 Å². The van der Waals surface area contributed by atoms with Crippen LogP contribution in [0, 0.1) is 13.8 Å². The van der Waals surface area contributed by atoms with Gasteiger partial charge in [0.2, 0.25) is 5.91 Å². The Balaban J connectivity index is 1.76. The number of carbonyl (C=O) groups is 2. The SMILES string of the molecule is COCC(=O)N1CCC(c2nc(C)ccc2C(=O)Nc2cccc(C)c2)CC1. The van der Waals surface area contributed by atoms with Gasteiger partial charge in [-0.1, -0.05) is 12.1 Å². The fourth-order valence-corrected chi connectivity index (χ4v) is 3.62. The summed E-state index contributed by atoms with van der Waals surface area (Å²) < 4.78 is 4.94. The highest BCUT2D eigenvalue weighted by molar-refractivity contribution is 6.05. The molecule has 0 atom stereocenters. The zero-order valence-electron chi connectivity index (χ0n) is 16.7. The molecule has 2 amide bonds. The van der Waals surface area contributed by atoms with E-state index in [0.29, 0.717) is 18.7 Å². The fourth-order valence-electron chi connectivity index (χ4n) is 3.62. The van der Waals surface area contributed by atoms with Crippen LogP contribution in [0.15, 0.2) is 36.4 Å². The fraction of sp³-hybridized carbons (Fsp3) is 0.409. The van der Waals surface area contributed by atoms with Gasteiger partial charge in [-0.05, 0) is 56.5 Å². The van der Waals surface area contributed by atoms with Crippen molar-refractivity contribution in [2.45, 2.75) is 32.6 Å². The molecule has 6 nitrogen and oxygen atoms in total. The number of benzene rings is 1. The van der Waals surface area contributed by atoms with Crippen molar-refractivity contribution < 1.29 is 14.3 Å². The molecule has 1 aromatic carbocycles. The monoisotopic (exact) mass is 381 g/mol. The van der Waals surface area contributed by atoms with Gasteiger partial charge in [-0.25, -0.2) is 0 Å². The average molecular weight is 381 g/mol. The summed E-state index contributed by atoms with van der Waals surface area (Å²) >= 11 is 0. The van der Waals surface area contributed by atoms with Crippen molar-refractivity contribution in [3.63, 3.8) is 0 Å². The summed E-state index contributed by atoms with van der Waals surface area (Å²) in [6.07, 6.45) is 1.58. The van der Waals surface area contributed by atoms with Gasteiger partial charge in [0.05, 0.1) is 11.3 Å². The van der Waals surface area contributed by atoms with Crippen LogP contribution in [0.3, 0.4) is 0 Å². The second-order valence-electron chi connectivity index (χ2n) is 7.30. The first-order valence-corrected chi connectivity index (χ1v) is 9.60. The summed E-state index contributed by atoms with van der Waals surface area (Å²) in [5.41, 5.74) is 4.18. The predicted molar refractivity (Wildman–Crippen MR) is 109 cm³/mol. The Morgan fingerprint density at radius 1 is 1.18 bits per heavy atom. The highest BCUT2D eigenvalue weighted by Gasteiger charge is 2.27. The lowest BCUT2D eigenvalue weighted by molar-refractivity contribution is -0.136. The number of carbonyl (C=O) groups excluding carboxylic acids is 2. The van der Waals surface area contributed by atoms with E-state index in [1.165, 1.54) is 7.11 Å². The first kappa shape index (κ1) is 20.0. The Hall–Kier alpha value is -2.73. The summed E-state index contributed by atoms with van der Waals surface area (Å²) in [7, 11) is 1.53. The standard InChI is InChI=1S/C22H27N3O3/c1-15-5-4-6-18(13-15)24-22(27)19-8-7-16(2)23-21(19)17-9-11-25(12-10-17)20(26)14-28-3/h4-8,13,17H,9-12,14H2,1-3H3,(H,24,27). The molecular weight excluding hydrogens is 354 g/mol. The molecule has 2 heterocycles. The number of nitrogens with one attached hydrogen (secondary N) is 1. The number of rotatable bonds is 5. The number of methoxy groups -OCH3 is 1. The van der Waals surface area contributed by atoms with E-state index in [0.717, 1.165) is 35.5 Å². The molecule has 1 aromatic heterocycles. The van der Waals surface area contributed by atoms with Crippen molar-refractivity contribution in [1.29, 1.82) is 0 Å². The van der Waals surface area contributed by atoms with Crippen molar-refractivity contribution in [2.75, 3.05) is 32.1 Å². The Morgan fingerprint density at radius 3 is 2.61 bits per heavy atom. The van der Waals surface area contributed by atoms with Crippen LogP contribution in [0.25, 0.3) is 0 Å². The maximum atomic E-state index is 12.9. The summed E-state index contributed by atoms with van der Waals surface area (Å²) in [4.78, 5) is 31.5. The van der Waals surface area contributed by atoms with Crippen LogP contribution in [-0.2, 0) is 9.53 Å². The molecule has 0 radical (unpaired) electrons. The van der Waals surface area contributed by atoms with E-state index in [9.17, 15) is 9.59 Å². The zero-order valence-corrected chi connectivity index (χ0v) is 16.7. The second kappa shape index (κ2) is 8.97.